The normalized spacial score (nSPS) is 10.6. The molecule has 0 saturated heterocycles. The largest absolute Gasteiger partial charge is 0.497 e. The molecule has 0 saturated carbocycles. The Morgan fingerprint density at radius 2 is 1.81 bits per heavy atom. The Bertz CT molecular complexity index is 1030. The van der Waals surface area contributed by atoms with Gasteiger partial charge in [0.15, 0.2) is 0 Å². The highest BCUT2D eigenvalue weighted by molar-refractivity contribution is 6.05. The van der Waals surface area contributed by atoms with Crippen molar-refractivity contribution in [1.82, 2.24) is 4.57 Å². The molecule has 3 aromatic rings. The van der Waals surface area contributed by atoms with Crippen molar-refractivity contribution in [2.24, 2.45) is 0 Å². The predicted molar refractivity (Wildman–Crippen MR) is 105 cm³/mol. The summed E-state index contributed by atoms with van der Waals surface area (Å²) in [6, 6.07) is 12.7. The van der Waals surface area contributed by atoms with Crippen LogP contribution in [0.2, 0.25) is 0 Å². The average Bonchev–Trinajstić information content (AvgIpc) is 2.98. The molecule has 0 bridgehead atoms. The zero-order valence-corrected chi connectivity index (χ0v) is 15.6. The van der Waals surface area contributed by atoms with Crippen molar-refractivity contribution in [2.75, 3.05) is 14.2 Å². The van der Waals surface area contributed by atoms with Crippen LogP contribution in [0.3, 0.4) is 0 Å². The van der Waals surface area contributed by atoms with Crippen LogP contribution in [0.25, 0.3) is 17.0 Å². The highest BCUT2D eigenvalue weighted by atomic mass is 16.5. The maximum absolute atomic E-state index is 13.2. The third-order valence-corrected chi connectivity index (χ3v) is 4.69. The summed E-state index contributed by atoms with van der Waals surface area (Å²) >= 11 is 0. The minimum atomic E-state index is -0.359. The zero-order valence-electron chi connectivity index (χ0n) is 15.6. The first kappa shape index (κ1) is 18.5. The van der Waals surface area contributed by atoms with Crippen LogP contribution in [-0.2, 0) is 16.0 Å². The van der Waals surface area contributed by atoms with Gasteiger partial charge in [-0.3, -0.25) is 14.2 Å². The lowest BCUT2D eigenvalue weighted by Gasteiger charge is -2.08. The van der Waals surface area contributed by atoms with Crippen LogP contribution in [0.1, 0.15) is 27.2 Å². The number of methoxy groups -OCH3 is 2. The molecule has 0 aliphatic rings. The van der Waals surface area contributed by atoms with Crippen LogP contribution in [0.4, 0.5) is 0 Å². The molecule has 0 aliphatic carbocycles. The summed E-state index contributed by atoms with van der Waals surface area (Å²) in [7, 11) is 2.93. The summed E-state index contributed by atoms with van der Waals surface area (Å²) in [5.74, 6) is 0.144. The predicted octanol–water partition coefficient (Wildman–Crippen LogP) is 4.01. The van der Waals surface area contributed by atoms with Gasteiger partial charge in [0.1, 0.15) is 5.75 Å². The second-order valence-corrected chi connectivity index (χ2v) is 6.17. The first-order valence-electron chi connectivity index (χ1n) is 8.52. The highest BCUT2D eigenvalue weighted by Gasteiger charge is 2.22. The quantitative estimate of drug-likeness (QED) is 0.643. The number of carbonyl (C=O) groups is 2. The summed E-state index contributed by atoms with van der Waals surface area (Å²) < 4.78 is 11.8. The van der Waals surface area contributed by atoms with Crippen LogP contribution >= 0.6 is 0 Å². The van der Waals surface area contributed by atoms with Crippen LogP contribution in [0.5, 0.6) is 5.75 Å². The van der Waals surface area contributed by atoms with E-state index in [9.17, 15) is 9.59 Å². The van der Waals surface area contributed by atoms with Gasteiger partial charge in [0, 0.05) is 16.6 Å². The fourth-order valence-electron chi connectivity index (χ4n) is 3.18. The van der Waals surface area contributed by atoms with Crippen molar-refractivity contribution >= 4 is 28.9 Å². The molecule has 1 heterocycles. The van der Waals surface area contributed by atoms with E-state index >= 15 is 0 Å². The summed E-state index contributed by atoms with van der Waals surface area (Å²) in [5.41, 5.74) is 3.69. The maximum atomic E-state index is 13.2. The molecule has 27 heavy (non-hydrogen) atoms. The number of esters is 1. The van der Waals surface area contributed by atoms with Gasteiger partial charge in [-0.15, -0.1) is 0 Å². The number of carbonyl (C=O) groups excluding carboxylic acids is 2. The monoisotopic (exact) mass is 363 g/mol. The van der Waals surface area contributed by atoms with Gasteiger partial charge in [0.2, 0.25) is 0 Å². The third kappa shape index (κ3) is 3.36. The van der Waals surface area contributed by atoms with Gasteiger partial charge in [0.25, 0.3) is 5.91 Å². The zero-order chi connectivity index (χ0) is 19.6. The van der Waals surface area contributed by atoms with Gasteiger partial charge >= 0.3 is 5.97 Å². The number of nitrogens with zero attached hydrogens (tertiary/aromatic N) is 1. The van der Waals surface area contributed by atoms with Gasteiger partial charge in [-0.05, 0) is 48.4 Å². The molecule has 0 N–H and O–H groups in total. The topological polar surface area (TPSA) is 57.5 Å². The third-order valence-electron chi connectivity index (χ3n) is 4.69. The van der Waals surface area contributed by atoms with Gasteiger partial charge in [0.05, 0.1) is 26.2 Å². The fraction of sp³-hybridized carbons (Fsp3) is 0.182. The second kappa shape index (κ2) is 7.50. The van der Waals surface area contributed by atoms with E-state index in [1.807, 2.05) is 31.2 Å². The van der Waals surface area contributed by atoms with Crippen molar-refractivity contribution in [3.05, 3.63) is 71.4 Å². The minimum absolute atomic E-state index is 0.0850. The number of rotatable bonds is 5. The first-order valence-corrected chi connectivity index (χ1v) is 8.52. The maximum Gasteiger partial charge on any atom is 0.310 e. The van der Waals surface area contributed by atoms with E-state index in [-0.39, 0.29) is 18.3 Å². The van der Waals surface area contributed by atoms with Gasteiger partial charge in [-0.1, -0.05) is 24.8 Å². The standard InChI is InChI=1S/C22H21NO4/c1-5-15-6-8-16(9-7-15)22(25)23-14(2)18(13-21(24)27-4)19-12-17(26-3)10-11-20(19)23/h5-12H,1,13H2,2-4H3. The molecule has 0 radical (unpaired) electrons. The Morgan fingerprint density at radius 1 is 1.11 bits per heavy atom. The number of hydrogen-bond acceptors (Lipinski definition) is 4. The van der Waals surface area contributed by atoms with E-state index in [1.54, 1.807) is 36.0 Å². The van der Waals surface area contributed by atoms with E-state index in [0.717, 1.165) is 22.0 Å². The van der Waals surface area contributed by atoms with Crippen molar-refractivity contribution in [3.8, 4) is 5.75 Å². The Hall–Kier alpha value is -3.34. The van der Waals surface area contributed by atoms with Crippen molar-refractivity contribution in [2.45, 2.75) is 13.3 Å². The Morgan fingerprint density at radius 3 is 2.41 bits per heavy atom. The molecule has 0 unspecified atom stereocenters. The van der Waals surface area contributed by atoms with Crippen LogP contribution in [-0.4, -0.2) is 30.7 Å². The van der Waals surface area contributed by atoms with Gasteiger partial charge in [-0.2, -0.15) is 0 Å². The number of hydrogen-bond donors (Lipinski definition) is 0. The second-order valence-electron chi connectivity index (χ2n) is 6.17. The molecule has 2 aromatic carbocycles. The van der Waals surface area contributed by atoms with Crippen LogP contribution in [0, 0.1) is 6.92 Å². The summed E-state index contributed by atoms with van der Waals surface area (Å²) in [4.78, 5) is 25.1. The Balaban J connectivity index is 2.19. The first-order chi connectivity index (χ1) is 13.0. The Labute approximate surface area is 157 Å². The molecule has 5 heteroatoms. The van der Waals surface area contributed by atoms with Crippen molar-refractivity contribution in [1.29, 1.82) is 0 Å². The van der Waals surface area contributed by atoms with E-state index in [4.69, 9.17) is 9.47 Å². The molecule has 5 nitrogen and oxygen atoms in total. The van der Waals surface area contributed by atoms with Gasteiger partial charge in [-0.25, -0.2) is 0 Å². The molecule has 0 fully saturated rings. The fourth-order valence-corrected chi connectivity index (χ4v) is 3.18. The highest BCUT2D eigenvalue weighted by Crippen LogP contribution is 2.30. The molecule has 1 aromatic heterocycles. The van der Waals surface area contributed by atoms with E-state index < -0.39 is 0 Å². The lowest BCUT2D eigenvalue weighted by Crippen LogP contribution is -2.14. The van der Waals surface area contributed by atoms with E-state index in [2.05, 4.69) is 6.58 Å². The molecular formula is C22H21NO4. The van der Waals surface area contributed by atoms with E-state index in [1.165, 1.54) is 7.11 Å². The lowest BCUT2D eigenvalue weighted by atomic mass is 10.1. The lowest BCUT2D eigenvalue weighted by molar-refractivity contribution is -0.139. The molecule has 3 rings (SSSR count). The minimum Gasteiger partial charge on any atom is -0.497 e. The number of ether oxygens (including phenoxy) is 2. The van der Waals surface area contributed by atoms with Crippen LogP contribution in [0.15, 0.2) is 49.0 Å². The smallest absolute Gasteiger partial charge is 0.310 e. The van der Waals surface area contributed by atoms with Gasteiger partial charge < -0.3 is 9.47 Å². The van der Waals surface area contributed by atoms with E-state index in [0.29, 0.717) is 17.0 Å². The van der Waals surface area contributed by atoms with Crippen LogP contribution < -0.4 is 4.74 Å². The molecule has 0 spiro atoms. The summed E-state index contributed by atoms with van der Waals surface area (Å²) in [6.07, 6.45) is 1.81. The molecule has 0 atom stereocenters. The molecule has 138 valence electrons. The average molecular weight is 363 g/mol. The summed E-state index contributed by atoms with van der Waals surface area (Å²) in [5, 5.41) is 0.799. The van der Waals surface area contributed by atoms with Crippen molar-refractivity contribution < 1.29 is 19.1 Å². The van der Waals surface area contributed by atoms with Crippen molar-refractivity contribution in [3.63, 3.8) is 0 Å². The molecule has 0 amide bonds. The number of fused-ring (bicyclic) bond motifs is 1. The number of aromatic nitrogens is 1. The SMILES string of the molecule is C=Cc1ccc(C(=O)n2c(C)c(CC(=O)OC)c3cc(OC)ccc32)cc1. The summed E-state index contributed by atoms with van der Waals surface area (Å²) in [6.45, 7) is 5.56. The Kier molecular flexibility index (Phi) is 5.12. The molecular weight excluding hydrogens is 342 g/mol. The number of benzene rings is 2. The molecule has 0 aliphatic heterocycles.